The van der Waals surface area contributed by atoms with Crippen LogP contribution in [0.1, 0.15) is 12.8 Å². The van der Waals surface area contributed by atoms with E-state index in [0.29, 0.717) is 0 Å². The minimum atomic E-state index is -0.672. The molecule has 0 spiro atoms. The molecule has 1 aliphatic rings. The number of aliphatic carboxylic acids is 1. The van der Waals surface area contributed by atoms with Crippen molar-refractivity contribution in [3.63, 3.8) is 0 Å². The van der Waals surface area contributed by atoms with Crippen LogP contribution in [-0.2, 0) is 4.79 Å². The van der Waals surface area contributed by atoms with Crippen LogP contribution < -0.4 is 0 Å². The van der Waals surface area contributed by atoms with Crippen molar-refractivity contribution in [2.24, 2.45) is 11.0 Å². The normalized spacial score (nSPS) is 18.9. The van der Waals surface area contributed by atoms with Gasteiger partial charge in [-0.1, -0.05) is 0 Å². The number of hydrazone groups is 1. The Labute approximate surface area is 84.0 Å². The number of piperidine rings is 1. The highest BCUT2D eigenvalue weighted by Gasteiger charge is 2.22. The van der Waals surface area contributed by atoms with Crippen molar-refractivity contribution in [3.8, 4) is 0 Å². The molecule has 1 rings (SSSR count). The fraction of sp³-hybridized carbons (Fsp3) is 0.778. The van der Waals surface area contributed by atoms with Crippen LogP contribution >= 0.6 is 0 Å². The molecule has 5 nitrogen and oxygen atoms in total. The van der Waals surface area contributed by atoms with Gasteiger partial charge in [-0.2, -0.15) is 5.10 Å². The van der Waals surface area contributed by atoms with E-state index in [2.05, 4.69) is 10.0 Å². The molecule has 80 valence electrons. The highest BCUT2D eigenvalue weighted by Crippen LogP contribution is 2.15. The van der Waals surface area contributed by atoms with Crippen LogP contribution in [-0.4, -0.2) is 54.5 Å². The summed E-state index contributed by atoms with van der Waals surface area (Å²) >= 11 is 0. The van der Waals surface area contributed by atoms with Gasteiger partial charge in [-0.25, -0.2) is 0 Å². The highest BCUT2D eigenvalue weighted by atomic mass is 16.4. The van der Waals surface area contributed by atoms with Crippen LogP contribution in [0, 0.1) is 5.92 Å². The first-order valence-corrected chi connectivity index (χ1v) is 4.78. The molecule has 0 atom stereocenters. The van der Waals surface area contributed by atoms with E-state index < -0.39 is 5.97 Å². The number of carboxylic acids is 1. The van der Waals surface area contributed by atoms with Crippen molar-refractivity contribution in [1.82, 2.24) is 9.91 Å². The van der Waals surface area contributed by atoms with Gasteiger partial charge in [0.05, 0.1) is 5.92 Å². The fourth-order valence-electron chi connectivity index (χ4n) is 1.44. The van der Waals surface area contributed by atoms with Crippen molar-refractivity contribution in [1.29, 1.82) is 0 Å². The molecule has 0 radical (unpaired) electrons. The number of hydrogen-bond donors (Lipinski definition) is 1. The molecule has 5 heteroatoms. The van der Waals surface area contributed by atoms with E-state index in [0.717, 1.165) is 25.9 Å². The van der Waals surface area contributed by atoms with Crippen molar-refractivity contribution in [2.45, 2.75) is 12.8 Å². The lowest BCUT2D eigenvalue weighted by Gasteiger charge is -2.28. The van der Waals surface area contributed by atoms with Gasteiger partial charge in [0, 0.05) is 27.2 Å². The van der Waals surface area contributed by atoms with Crippen LogP contribution in [0.4, 0.5) is 0 Å². The zero-order chi connectivity index (χ0) is 10.6. The first-order valence-electron chi connectivity index (χ1n) is 4.78. The van der Waals surface area contributed by atoms with E-state index in [1.54, 1.807) is 11.3 Å². The molecule has 0 bridgehead atoms. The van der Waals surface area contributed by atoms with Gasteiger partial charge in [-0.05, 0) is 12.8 Å². The van der Waals surface area contributed by atoms with Gasteiger partial charge >= 0.3 is 5.97 Å². The molecule has 1 saturated heterocycles. The Kier molecular flexibility index (Phi) is 3.73. The zero-order valence-corrected chi connectivity index (χ0v) is 8.68. The van der Waals surface area contributed by atoms with Crippen LogP contribution in [0.3, 0.4) is 0 Å². The molecule has 0 aliphatic carbocycles. The summed E-state index contributed by atoms with van der Waals surface area (Å²) < 4.78 is 0. The number of likely N-dealkylation sites (tertiary alicyclic amines) is 1. The number of carboxylic acid groups (broad SMARTS) is 1. The molecule has 0 aromatic carbocycles. The monoisotopic (exact) mass is 199 g/mol. The quantitative estimate of drug-likeness (QED) is 0.403. The highest BCUT2D eigenvalue weighted by molar-refractivity contribution is 5.70. The van der Waals surface area contributed by atoms with E-state index >= 15 is 0 Å². The SMILES string of the molecule is CN(C)N=CN1CCC(C(=O)O)CC1. The predicted octanol–water partition coefficient (Wildman–Crippen LogP) is 0.288. The van der Waals surface area contributed by atoms with Crippen molar-refractivity contribution < 1.29 is 9.90 Å². The summed E-state index contributed by atoms with van der Waals surface area (Å²) in [5.41, 5.74) is 0. The summed E-state index contributed by atoms with van der Waals surface area (Å²) in [4.78, 5) is 12.7. The van der Waals surface area contributed by atoms with Crippen LogP contribution in [0.2, 0.25) is 0 Å². The van der Waals surface area contributed by atoms with Gasteiger partial charge in [-0.3, -0.25) is 4.79 Å². The van der Waals surface area contributed by atoms with Gasteiger partial charge in [-0.15, -0.1) is 0 Å². The standard InChI is InChI=1S/C9H17N3O2/c1-11(2)10-7-12-5-3-8(4-6-12)9(13)14/h7-8H,3-6H2,1-2H3,(H,13,14). The lowest BCUT2D eigenvalue weighted by Crippen LogP contribution is -2.35. The van der Waals surface area contributed by atoms with E-state index in [9.17, 15) is 4.79 Å². The smallest absolute Gasteiger partial charge is 0.306 e. The number of nitrogens with zero attached hydrogens (tertiary/aromatic N) is 3. The maximum absolute atomic E-state index is 10.7. The maximum Gasteiger partial charge on any atom is 0.306 e. The fourth-order valence-corrected chi connectivity index (χ4v) is 1.44. The van der Waals surface area contributed by atoms with E-state index in [1.165, 1.54) is 0 Å². The summed E-state index contributed by atoms with van der Waals surface area (Å²) in [6, 6.07) is 0. The van der Waals surface area contributed by atoms with Gasteiger partial charge in [0.2, 0.25) is 0 Å². The van der Waals surface area contributed by atoms with Gasteiger partial charge < -0.3 is 15.0 Å². The molecule has 1 aliphatic heterocycles. The van der Waals surface area contributed by atoms with E-state index in [1.807, 2.05) is 14.1 Å². The Morgan fingerprint density at radius 1 is 1.50 bits per heavy atom. The minimum absolute atomic E-state index is 0.168. The van der Waals surface area contributed by atoms with Gasteiger partial charge in [0.25, 0.3) is 0 Å². The summed E-state index contributed by atoms with van der Waals surface area (Å²) in [5, 5.41) is 14.6. The van der Waals surface area contributed by atoms with Crippen LogP contribution in [0.25, 0.3) is 0 Å². The molecule has 14 heavy (non-hydrogen) atoms. The molecular weight excluding hydrogens is 182 g/mol. The second kappa shape index (κ2) is 4.83. The first kappa shape index (κ1) is 10.8. The number of hydrogen-bond acceptors (Lipinski definition) is 3. The molecule has 0 amide bonds. The average Bonchev–Trinajstić information content (AvgIpc) is 2.15. The topological polar surface area (TPSA) is 56.1 Å². The Morgan fingerprint density at radius 2 is 2.07 bits per heavy atom. The summed E-state index contributed by atoms with van der Waals surface area (Å²) in [7, 11) is 3.72. The Balaban J connectivity index is 2.32. The Bertz CT molecular complexity index is 220. The molecule has 1 N–H and O–H groups in total. The lowest BCUT2D eigenvalue weighted by atomic mass is 9.98. The molecular formula is C9H17N3O2. The molecule has 1 heterocycles. The Hall–Kier alpha value is -1.26. The second-order valence-corrected chi connectivity index (χ2v) is 3.73. The molecule has 0 saturated carbocycles. The summed E-state index contributed by atoms with van der Waals surface area (Å²) in [5.74, 6) is -0.840. The third kappa shape index (κ3) is 3.24. The summed E-state index contributed by atoms with van der Waals surface area (Å²) in [6.07, 6.45) is 3.21. The minimum Gasteiger partial charge on any atom is -0.481 e. The third-order valence-electron chi connectivity index (χ3n) is 2.32. The van der Waals surface area contributed by atoms with Crippen LogP contribution in [0.5, 0.6) is 0 Å². The molecule has 0 unspecified atom stereocenters. The maximum atomic E-state index is 10.7. The number of rotatable bonds is 3. The predicted molar refractivity (Wildman–Crippen MR) is 54.1 cm³/mol. The third-order valence-corrected chi connectivity index (χ3v) is 2.32. The largest absolute Gasteiger partial charge is 0.481 e. The summed E-state index contributed by atoms with van der Waals surface area (Å²) in [6.45, 7) is 1.57. The van der Waals surface area contributed by atoms with Crippen molar-refractivity contribution in [3.05, 3.63) is 0 Å². The van der Waals surface area contributed by atoms with Crippen molar-refractivity contribution >= 4 is 12.3 Å². The molecule has 0 aromatic rings. The van der Waals surface area contributed by atoms with Crippen LogP contribution in [0.15, 0.2) is 5.10 Å². The first-order chi connectivity index (χ1) is 6.59. The number of carbonyl (C=O) groups is 1. The van der Waals surface area contributed by atoms with E-state index in [-0.39, 0.29) is 5.92 Å². The zero-order valence-electron chi connectivity index (χ0n) is 8.68. The van der Waals surface area contributed by atoms with Crippen molar-refractivity contribution in [2.75, 3.05) is 27.2 Å². The van der Waals surface area contributed by atoms with Gasteiger partial charge in [0.1, 0.15) is 6.34 Å². The van der Waals surface area contributed by atoms with E-state index in [4.69, 9.17) is 5.11 Å². The molecule has 0 aromatic heterocycles. The molecule has 1 fully saturated rings. The van der Waals surface area contributed by atoms with Gasteiger partial charge in [0.15, 0.2) is 0 Å². The second-order valence-electron chi connectivity index (χ2n) is 3.73. The average molecular weight is 199 g/mol. The Morgan fingerprint density at radius 3 is 2.50 bits per heavy atom. The lowest BCUT2D eigenvalue weighted by molar-refractivity contribution is -0.142.